The maximum atomic E-state index is 9.32. The van der Waals surface area contributed by atoms with Crippen molar-refractivity contribution >= 4 is 17.2 Å². The maximum absolute atomic E-state index is 9.32. The maximum Gasteiger partial charge on any atom is 0.240 e. The van der Waals surface area contributed by atoms with Gasteiger partial charge in [-0.3, -0.25) is 0 Å². The Morgan fingerprint density at radius 2 is 2.17 bits per heavy atom. The van der Waals surface area contributed by atoms with Crippen LogP contribution in [0.1, 0.15) is 37.8 Å². The van der Waals surface area contributed by atoms with E-state index in [0.717, 1.165) is 11.4 Å². The lowest BCUT2D eigenvalue weighted by Crippen LogP contribution is -2.51. The molecule has 3 rings (SSSR count). The van der Waals surface area contributed by atoms with Gasteiger partial charge in [0.05, 0.1) is 4.88 Å². The Morgan fingerprint density at radius 3 is 2.78 bits per heavy atom. The molecular formula is C17H22N4OS. The first kappa shape index (κ1) is 16.0. The van der Waals surface area contributed by atoms with Crippen LogP contribution in [0.2, 0.25) is 0 Å². The van der Waals surface area contributed by atoms with Gasteiger partial charge in [-0.1, -0.05) is 25.3 Å². The summed E-state index contributed by atoms with van der Waals surface area (Å²) in [5.74, 6) is 1.00. The minimum atomic E-state index is 0.126. The van der Waals surface area contributed by atoms with Crippen LogP contribution in [0.5, 0.6) is 0 Å². The summed E-state index contributed by atoms with van der Waals surface area (Å²) in [6.45, 7) is 0.772. The predicted molar refractivity (Wildman–Crippen MR) is 92.5 cm³/mol. The molecule has 0 bridgehead atoms. The molecule has 2 aromatic heterocycles. The van der Waals surface area contributed by atoms with Gasteiger partial charge in [-0.2, -0.15) is 10.2 Å². The molecule has 1 saturated carbocycles. The molecule has 2 aromatic rings. The lowest BCUT2D eigenvalue weighted by Gasteiger charge is -2.43. The summed E-state index contributed by atoms with van der Waals surface area (Å²) in [5, 5.41) is 14.6. The molecule has 0 saturated heterocycles. The highest BCUT2D eigenvalue weighted by atomic mass is 32.1. The van der Waals surface area contributed by atoms with Crippen molar-refractivity contribution in [2.75, 3.05) is 26.0 Å². The zero-order valence-corrected chi connectivity index (χ0v) is 14.4. The monoisotopic (exact) mass is 330 g/mol. The number of rotatable bonds is 5. The number of nitrogens with zero attached hydrogens (tertiary/aromatic N) is 3. The molecule has 0 amide bonds. The number of likely N-dealkylation sites (N-methyl/N-ethyl adjacent to an activating group) is 1. The van der Waals surface area contributed by atoms with Crippen LogP contribution in [0.4, 0.5) is 5.88 Å². The van der Waals surface area contributed by atoms with Crippen molar-refractivity contribution in [2.24, 2.45) is 0 Å². The zero-order chi connectivity index (χ0) is 16.3. The van der Waals surface area contributed by atoms with Crippen molar-refractivity contribution in [3.05, 3.63) is 23.2 Å². The van der Waals surface area contributed by atoms with Crippen LogP contribution in [-0.4, -0.2) is 36.1 Å². The summed E-state index contributed by atoms with van der Waals surface area (Å²) in [5.41, 5.74) is 0.457. The minimum Gasteiger partial charge on any atom is -0.418 e. The lowest BCUT2D eigenvalue weighted by atomic mass is 9.80. The molecule has 0 atom stereocenters. The number of nitriles is 1. The van der Waals surface area contributed by atoms with Crippen molar-refractivity contribution < 1.29 is 4.42 Å². The fourth-order valence-electron chi connectivity index (χ4n) is 3.26. The van der Waals surface area contributed by atoms with Crippen LogP contribution >= 0.6 is 11.3 Å². The van der Waals surface area contributed by atoms with Crippen LogP contribution in [0, 0.1) is 11.3 Å². The normalized spacial score (nSPS) is 17.1. The van der Waals surface area contributed by atoms with Gasteiger partial charge < -0.3 is 14.6 Å². The van der Waals surface area contributed by atoms with Crippen molar-refractivity contribution in [1.29, 1.82) is 5.26 Å². The molecule has 23 heavy (non-hydrogen) atoms. The van der Waals surface area contributed by atoms with Crippen LogP contribution in [0.15, 0.2) is 21.9 Å². The van der Waals surface area contributed by atoms with Gasteiger partial charge in [0.2, 0.25) is 17.5 Å². The number of hydrogen-bond acceptors (Lipinski definition) is 6. The average Bonchev–Trinajstić information content (AvgIpc) is 3.22. The Morgan fingerprint density at radius 1 is 1.39 bits per heavy atom. The molecule has 1 aliphatic rings. The Labute approximate surface area is 140 Å². The minimum absolute atomic E-state index is 0.126. The number of aromatic nitrogens is 1. The van der Waals surface area contributed by atoms with Gasteiger partial charge in [-0.25, -0.2) is 0 Å². The van der Waals surface area contributed by atoms with Crippen molar-refractivity contribution in [1.82, 2.24) is 9.88 Å². The summed E-state index contributed by atoms with van der Waals surface area (Å²) in [6, 6.07) is 6.03. The van der Waals surface area contributed by atoms with E-state index in [0.29, 0.717) is 17.5 Å². The SMILES string of the molecule is CN(C)C1(CNc2oc(-c3cccs3)nc2C#N)CCCCC1. The highest BCUT2D eigenvalue weighted by molar-refractivity contribution is 7.13. The van der Waals surface area contributed by atoms with Gasteiger partial charge in [0.25, 0.3) is 0 Å². The van der Waals surface area contributed by atoms with Gasteiger partial charge in [0.15, 0.2) is 0 Å². The molecule has 0 spiro atoms. The molecule has 1 N–H and O–H groups in total. The molecule has 1 aliphatic carbocycles. The van der Waals surface area contributed by atoms with E-state index in [1.165, 1.54) is 32.1 Å². The van der Waals surface area contributed by atoms with Crippen molar-refractivity contribution in [3.63, 3.8) is 0 Å². The second-order valence-electron chi connectivity index (χ2n) is 6.32. The van der Waals surface area contributed by atoms with Crippen molar-refractivity contribution in [2.45, 2.75) is 37.6 Å². The molecule has 5 nitrogen and oxygen atoms in total. The van der Waals surface area contributed by atoms with E-state index in [-0.39, 0.29) is 5.54 Å². The van der Waals surface area contributed by atoms with Gasteiger partial charge in [0, 0.05) is 12.1 Å². The highest BCUT2D eigenvalue weighted by Gasteiger charge is 2.34. The summed E-state index contributed by atoms with van der Waals surface area (Å²) in [4.78, 5) is 7.56. The Bertz CT molecular complexity index is 678. The summed E-state index contributed by atoms with van der Waals surface area (Å²) in [7, 11) is 4.27. The third-order valence-electron chi connectivity index (χ3n) is 4.78. The molecular weight excluding hydrogens is 308 g/mol. The number of anilines is 1. The first-order chi connectivity index (χ1) is 11.1. The number of thiophene rings is 1. The molecule has 0 aromatic carbocycles. The van der Waals surface area contributed by atoms with Gasteiger partial charge in [0.1, 0.15) is 6.07 Å². The third-order valence-corrected chi connectivity index (χ3v) is 5.63. The number of nitrogens with one attached hydrogen (secondary N) is 1. The smallest absolute Gasteiger partial charge is 0.240 e. The van der Waals surface area contributed by atoms with Crippen LogP contribution in [0.3, 0.4) is 0 Å². The Kier molecular flexibility index (Phi) is 4.69. The van der Waals surface area contributed by atoms with Gasteiger partial charge >= 0.3 is 0 Å². The van der Waals surface area contributed by atoms with Gasteiger partial charge in [-0.05, 0) is 38.4 Å². The summed E-state index contributed by atoms with van der Waals surface area (Å²) >= 11 is 1.56. The standard InChI is InChI=1S/C17H22N4OS/c1-21(2)17(8-4-3-5-9-17)12-19-15-13(11-18)20-16(22-15)14-7-6-10-23-14/h6-7,10,19H,3-5,8-9,12H2,1-2H3. The lowest BCUT2D eigenvalue weighted by molar-refractivity contribution is 0.113. The Balaban J connectivity index is 1.78. The number of oxazole rings is 1. The molecule has 0 unspecified atom stereocenters. The van der Waals surface area contributed by atoms with E-state index in [1.54, 1.807) is 11.3 Å². The van der Waals surface area contributed by atoms with E-state index in [4.69, 9.17) is 4.42 Å². The summed E-state index contributed by atoms with van der Waals surface area (Å²) in [6.07, 6.45) is 6.15. The molecule has 122 valence electrons. The first-order valence-electron chi connectivity index (χ1n) is 8.01. The quantitative estimate of drug-likeness (QED) is 0.899. The largest absolute Gasteiger partial charge is 0.418 e. The first-order valence-corrected chi connectivity index (χ1v) is 8.89. The Hall–Kier alpha value is -1.84. The molecule has 1 fully saturated rings. The fraction of sp³-hybridized carbons (Fsp3) is 0.529. The second-order valence-corrected chi connectivity index (χ2v) is 7.27. The molecule has 0 radical (unpaired) electrons. The van der Waals surface area contributed by atoms with Crippen LogP contribution in [-0.2, 0) is 0 Å². The molecule has 0 aliphatic heterocycles. The van der Waals surface area contributed by atoms with Gasteiger partial charge in [-0.15, -0.1) is 11.3 Å². The number of hydrogen-bond donors (Lipinski definition) is 1. The van der Waals surface area contributed by atoms with E-state index in [2.05, 4.69) is 35.4 Å². The van der Waals surface area contributed by atoms with Crippen molar-refractivity contribution in [3.8, 4) is 16.8 Å². The second kappa shape index (κ2) is 6.73. The van der Waals surface area contributed by atoms with E-state index >= 15 is 0 Å². The fourth-order valence-corrected chi connectivity index (χ4v) is 3.91. The topological polar surface area (TPSA) is 65.1 Å². The average molecular weight is 330 g/mol. The molecule has 6 heteroatoms. The van der Waals surface area contributed by atoms with E-state index in [9.17, 15) is 5.26 Å². The third kappa shape index (κ3) is 3.26. The predicted octanol–water partition coefficient (Wildman–Crippen LogP) is 3.95. The van der Waals surface area contributed by atoms with E-state index < -0.39 is 0 Å². The van der Waals surface area contributed by atoms with Crippen LogP contribution < -0.4 is 5.32 Å². The van der Waals surface area contributed by atoms with Crippen LogP contribution in [0.25, 0.3) is 10.8 Å². The molecule has 2 heterocycles. The zero-order valence-electron chi connectivity index (χ0n) is 13.6. The van der Waals surface area contributed by atoms with E-state index in [1.807, 2.05) is 17.5 Å². The highest BCUT2D eigenvalue weighted by Crippen LogP contribution is 2.34. The summed E-state index contributed by atoms with van der Waals surface area (Å²) < 4.78 is 5.81.